The molecule has 3 aromatic carbocycles. The van der Waals surface area contributed by atoms with Gasteiger partial charge in [-0.15, -0.1) is 0 Å². The van der Waals surface area contributed by atoms with E-state index in [0.717, 1.165) is 33.3 Å². The zero-order valence-electron chi connectivity index (χ0n) is 23.7. The molecule has 2 aromatic heterocycles. The summed E-state index contributed by atoms with van der Waals surface area (Å²) in [5.41, 5.74) is 3.82. The molecule has 6 rings (SSSR count). The molecule has 3 heterocycles. The Bertz CT molecular complexity index is 1700. The molecule has 7 nitrogen and oxygen atoms in total. The van der Waals surface area contributed by atoms with Crippen LogP contribution in [-0.4, -0.2) is 50.9 Å². The minimum atomic E-state index is -1.26. The number of piperidine rings is 1. The normalized spacial score (nSPS) is 15.5. The van der Waals surface area contributed by atoms with Gasteiger partial charge in [-0.25, -0.2) is 9.67 Å². The Morgan fingerprint density at radius 1 is 1.02 bits per heavy atom. The lowest BCUT2D eigenvalue weighted by Crippen LogP contribution is -2.45. The molecule has 1 N–H and O–H groups in total. The molecule has 0 aliphatic carbocycles. The van der Waals surface area contributed by atoms with E-state index >= 15 is 0 Å². The fraction of sp³-hybridized carbons (Fsp3) is 0.265. The van der Waals surface area contributed by atoms with Crippen molar-refractivity contribution in [2.45, 2.75) is 31.8 Å². The number of carbonyl (C=O) groups is 1. The number of hydrogen-bond acceptors (Lipinski definition) is 5. The molecule has 1 unspecified atom stereocenters. The first-order chi connectivity index (χ1) is 20.4. The SMILES string of the molecule is COc1nc2ccc(C(O)(c3ccccc3)C3CCN(C(C)=O)CC3)cc2c(Cl)c1Cc1ccc(-n2cccn2)cc1. The third kappa shape index (κ3) is 5.14. The molecule has 1 aliphatic heterocycles. The van der Waals surface area contributed by atoms with E-state index in [1.165, 1.54) is 0 Å². The van der Waals surface area contributed by atoms with Crippen LogP contribution in [0.5, 0.6) is 5.88 Å². The maximum Gasteiger partial charge on any atom is 0.219 e. The molecule has 1 aliphatic rings. The van der Waals surface area contributed by atoms with E-state index in [9.17, 15) is 9.90 Å². The number of aromatic nitrogens is 3. The van der Waals surface area contributed by atoms with E-state index in [2.05, 4.69) is 17.2 Å². The summed E-state index contributed by atoms with van der Waals surface area (Å²) in [5, 5.41) is 18.2. The van der Waals surface area contributed by atoms with Crippen molar-refractivity contribution in [1.82, 2.24) is 19.7 Å². The van der Waals surface area contributed by atoms with Crippen molar-refractivity contribution in [2.75, 3.05) is 20.2 Å². The Labute approximate surface area is 250 Å². The van der Waals surface area contributed by atoms with Crippen LogP contribution in [0.25, 0.3) is 16.6 Å². The Morgan fingerprint density at radius 3 is 2.40 bits per heavy atom. The highest BCUT2D eigenvalue weighted by atomic mass is 35.5. The summed E-state index contributed by atoms with van der Waals surface area (Å²) < 4.78 is 7.50. The van der Waals surface area contributed by atoms with Crippen LogP contribution in [0.15, 0.2) is 91.3 Å². The molecule has 1 amide bonds. The van der Waals surface area contributed by atoms with Crippen molar-refractivity contribution >= 4 is 28.4 Å². The summed E-state index contributed by atoms with van der Waals surface area (Å²) >= 11 is 7.14. The number of ether oxygens (including phenoxy) is 1. The average molecular weight is 581 g/mol. The first-order valence-corrected chi connectivity index (χ1v) is 14.5. The van der Waals surface area contributed by atoms with Crippen molar-refractivity contribution in [3.63, 3.8) is 0 Å². The van der Waals surface area contributed by atoms with Crippen LogP contribution >= 0.6 is 11.6 Å². The van der Waals surface area contributed by atoms with Gasteiger partial charge in [-0.2, -0.15) is 5.10 Å². The van der Waals surface area contributed by atoms with Gasteiger partial charge in [0.05, 0.1) is 23.3 Å². The Morgan fingerprint density at radius 2 is 1.76 bits per heavy atom. The minimum absolute atomic E-state index is 0.0674. The van der Waals surface area contributed by atoms with Crippen molar-refractivity contribution in [3.05, 3.63) is 119 Å². The number of carbonyl (C=O) groups excluding carboxylic acids is 1. The monoisotopic (exact) mass is 580 g/mol. The minimum Gasteiger partial charge on any atom is -0.481 e. The lowest BCUT2D eigenvalue weighted by molar-refractivity contribution is -0.131. The molecule has 5 aromatic rings. The maximum absolute atomic E-state index is 12.6. The van der Waals surface area contributed by atoms with E-state index in [1.807, 2.05) is 82.5 Å². The van der Waals surface area contributed by atoms with E-state index in [0.29, 0.717) is 48.8 Å². The first kappa shape index (κ1) is 27.9. The average Bonchev–Trinajstić information content (AvgIpc) is 3.58. The van der Waals surface area contributed by atoms with Gasteiger partial charge in [-0.3, -0.25) is 4.79 Å². The molecule has 214 valence electrons. The van der Waals surface area contributed by atoms with Gasteiger partial charge in [-0.1, -0.05) is 60.1 Å². The quantitative estimate of drug-likeness (QED) is 0.249. The highest BCUT2D eigenvalue weighted by molar-refractivity contribution is 6.36. The van der Waals surface area contributed by atoms with Crippen LogP contribution < -0.4 is 4.74 Å². The molecule has 0 bridgehead atoms. The van der Waals surface area contributed by atoms with Gasteiger partial charge in [0, 0.05) is 49.8 Å². The molecule has 8 heteroatoms. The second-order valence-corrected chi connectivity index (χ2v) is 11.2. The number of benzene rings is 3. The summed E-state index contributed by atoms with van der Waals surface area (Å²) in [7, 11) is 1.60. The molecular weight excluding hydrogens is 548 g/mol. The fourth-order valence-corrected chi connectivity index (χ4v) is 6.44. The van der Waals surface area contributed by atoms with Gasteiger partial charge in [0.15, 0.2) is 0 Å². The number of nitrogens with zero attached hydrogens (tertiary/aromatic N) is 4. The molecular formula is C34H33ClN4O3. The molecule has 1 saturated heterocycles. The van der Waals surface area contributed by atoms with Crippen molar-refractivity contribution in [1.29, 1.82) is 0 Å². The van der Waals surface area contributed by atoms with Crippen molar-refractivity contribution in [2.24, 2.45) is 5.92 Å². The van der Waals surface area contributed by atoms with Gasteiger partial charge >= 0.3 is 0 Å². The van der Waals surface area contributed by atoms with E-state index < -0.39 is 5.60 Å². The Kier molecular flexibility index (Phi) is 7.71. The lowest BCUT2D eigenvalue weighted by Gasteiger charge is -2.42. The van der Waals surface area contributed by atoms with Crippen LogP contribution in [0.4, 0.5) is 0 Å². The number of fused-ring (bicyclic) bond motifs is 1. The predicted molar refractivity (Wildman–Crippen MR) is 164 cm³/mol. The summed E-state index contributed by atoms with van der Waals surface area (Å²) in [6.45, 7) is 2.83. The van der Waals surface area contributed by atoms with Crippen LogP contribution in [-0.2, 0) is 16.8 Å². The van der Waals surface area contributed by atoms with Gasteiger partial charge in [0.25, 0.3) is 0 Å². The molecule has 1 fully saturated rings. The first-order valence-electron chi connectivity index (χ1n) is 14.2. The number of likely N-dealkylation sites (tertiary alicyclic amines) is 1. The van der Waals surface area contributed by atoms with E-state index in [-0.39, 0.29) is 11.8 Å². The van der Waals surface area contributed by atoms with Crippen LogP contribution in [0.2, 0.25) is 5.02 Å². The second-order valence-electron chi connectivity index (χ2n) is 10.9. The standard InChI is InChI=1S/C34H33ClN4O3/c1-23(40)38-19-15-26(16-20-38)34(41,25-7-4-3-5-8-25)27-11-14-31-29(22-27)32(35)30(33(37-31)42-2)21-24-9-12-28(13-10-24)39-18-6-17-36-39/h3-14,17-18,22,26,41H,15-16,19-21H2,1-2H3. The largest absolute Gasteiger partial charge is 0.481 e. The fourth-order valence-electron chi connectivity index (χ4n) is 6.14. The zero-order valence-corrected chi connectivity index (χ0v) is 24.5. The van der Waals surface area contributed by atoms with Crippen LogP contribution in [0.1, 0.15) is 42.0 Å². The topological polar surface area (TPSA) is 80.5 Å². The van der Waals surface area contributed by atoms with Crippen LogP contribution in [0, 0.1) is 5.92 Å². The van der Waals surface area contributed by atoms with E-state index in [1.54, 1.807) is 20.2 Å². The summed E-state index contributed by atoms with van der Waals surface area (Å²) in [6, 6.07) is 25.6. The predicted octanol–water partition coefficient (Wildman–Crippen LogP) is 6.17. The van der Waals surface area contributed by atoms with Crippen LogP contribution in [0.3, 0.4) is 0 Å². The van der Waals surface area contributed by atoms with Gasteiger partial charge < -0.3 is 14.7 Å². The number of amides is 1. The molecule has 42 heavy (non-hydrogen) atoms. The molecule has 0 radical (unpaired) electrons. The number of pyridine rings is 1. The van der Waals surface area contributed by atoms with E-state index in [4.69, 9.17) is 21.3 Å². The molecule has 1 atom stereocenters. The lowest BCUT2D eigenvalue weighted by atomic mass is 9.72. The Balaban J connectivity index is 1.40. The van der Waals surface area contributed by atoms with Gasteiger partial charge in [0.1, 0.15) is 5.60 Å². The number of halogens is 1. The number of rotatable bonds is 7. The Hall–Kier alpha value is -4.20. The zero-order chi connectivity index (χ0) is 29.3. The summed E-state index contributed by atoms with van der Waals surface area (Å²) in [4.78, 5) is 18.6. The van der Waals surface area contributed by atoms with Crippen molar-refractivity contribution < 1.29 is 14.6 Å². The molecule has 0 spiro atoms. The second kappa shape index (κ2) is 11.6. The maximum atomic E-state index is 12.6. The third-order valence-electron chi connectivity index (χ3n) is 8.44. The number of methoxy groups -OCH3 is 1. The summed E-state index contributed by atoms with van der Waals surface area (Å²) in [5.74, 6) is 0.467. The molecule has 0 saturated carbocycles. The summed E-state index contributed by atoms with van der Waals surface area (Å²) in [6.07, 6.45) is 5.57. The highest BCUT2D eigenvalue weighted by Crippen LogP contribution is 2.44. The smallest absolute Gasteiger partial charge is 0.219 e. The number of aliphatic hydroxyl groups is 1. The number of hydrogen-bond donors (Lipinski definition) is 1. The van der Waals surface area contributed by atoms with Crippen molar-refractivity contribution in [3.8, 4) is 11.6 Å². The third-order valence-corrected chi connectivity index (χ3v) is 8.87. The van der Waals surface area contributed by atoms with Gasteiger partial charge in [0.2, 0.25) is 11.8 Å². The highest BCUT2D eigenvalue weighted by Gasteiger charge is 2.42. The van der Waals surface area contributed by atoms with Gasteiger partial charge in [-0.05, 0) is 65.8 Å².